The number of carbonyl (C=O) groups excluding carboxylic acids is 2. The van der Waals surface area contributed by atoms with E-state index in [-0.39, 0.29) is 43.7 Å². The number of aryl methyl sites for hydroxylation is 1. The molecule has 0 aliphatic rings. The summed E-state index contributed by atoms with van der Waals surface area (Å²) in [5.41, 5.74) is 0.0102. The Bertz CT molecular complexity index is 1690. The van der Waals surface area contributed by atoms with Gasteiger partial charge in [-0.05, 0) is 53.2 Å². The maximum absolute atomic E-state index is 14.0. The minimum atomic E-state index is -5.98. The minimum Gasteiger partial charge on any atom is -0.355 e. The number of aromatic nitrogens is 7. The van der Waals surface area contributed by atoms with Gasteiger partial charge in [-0.1, -0.05) is 11.6 Å². The van der Waals surface area contributed by atoms with E-state index in [9.17, 15) is 36.8 Å². The Kier molecular flexibility index (Phi) is 7.70. The van der Waals surface area contributed by atoms with E-state index in [0.29, 0.717) is 5.56 Å². The average molecular weight is 595 g/mol. The summed E-state index contributed by atoms with van der Waals surface area (Å²) in [6.45, 7) is 0.742. The second-order valence-corrected chi connectivity index (χ2v) is 8.74. The Morgan fingerprint density at radius 2 is 1.88 bits per heavy atom. The Labute approximate surface area is 231 Å². The highest BCUT2D eigenvalue weighted by molar-refractivity contribution is 6.32. The van der Waals surface area contributed by atoms with Gasteiger partial charge in [0.05, 0.1) is 40.1 Å². The Morgan fingerprint density at radius 3 is 2.51 bits per heavy atom. The van der Waals surface area contributed by atoms with Crippen LogP contribution < -0.4 is 10.6 Å². The molecule has 2 N–H and O–H groups in total. The Hall–Kier alpha value is -4.98. The monoisotopic (exact) mass is 594 g/mol. The van der Waals surface area contributed by atoms with Crippen molar-refractivity contribution in [1.82, 2.24) is 40.3 Å². The first-order valence-corrected chi connectivity index (χ1v) is 11.7. The third-order valence-corrected chi connectivity index (χ3v) is 5.88. The molecular weight excluding hydrogens is 579 g/mol. The van der Waals surface area contributed by atoms with Crippen LogP contribution in [-0.2, 0) is 12.5 Å². The highest BCUT2D eigenvalue weighted by atomic mass is 35.5. The lowest BCUT2D eigenvalue weighted by molar-refractivity contribution is -0.293. The molecule has 0 aliphatic heterocycles. The number of tetrazole rings is 1. The van der Waals surface area contributed by atoms with Crippen molar-refractivity contribution in [3.63, 3.8) is 0 Å². The fourth-order valence-corrected chi connectivity index (χ4v) is 3.89. The topological polar surface area (TPSA) is 156 Å². The van der Waals surface area contributed by atoms with Gasteiger partial charge in [-0.3, -0.25) is 9.59 Å². The molecule has 0 atom stereocenters. The summed E-state index contributed by atoms with van der Waals surface area (Å²) in [4.78, 5) is 30.1. The number of nitrogens with one attached hydrogen (secondary N) is 2. The van der Waals surface area contributed by atoms with E-state index < -0.39 is 36.3 Å². The third kappa shape index (κ3) is 5.54. The lowest BCUT2D eigenvalue weighted by Gasteiger charge is -2.18. The molecule has 41 heavy (non-hydrogen) atoms. The molecule has 0 fully saturated rings. The van der Waals surface area contributed by atoms with Crippen LogP contribution >= 0.6 is 11.6 Å². The van der Waals surface area contributed by atoms with Crippen molar-refractivity contribution >= 4 is 29.1 Å². The molecular formula is C23H16ClF5N10O2. The second-order valence-electron chi connectivity index (χ2n) is 8.33. The van der Waals surface area contributed by atoms with Crippen molar-refractivity contribution in [3.05, 3.63) is 75.5 Å². The maximum Gasteiger partial charge on any atom is 0.461 e. The number of nitrogens with zero attached hydrogens (tertiary/aromatic N) is 8. The zero-order chi connectivity index (χ0) is 30.1. The summed E-state index contributed by atoms with van der Waals surface area (Å²) in [7, 11) is 1.35. The predicted octanol–water partition coefficient (Wildman–Crippen LogP) is 3.40. The molecule has 18 heteroatoms. The summed E-state index contributed by atoms with van der Waals surface area (Å²) in [5.74, 6) is -8.75. The van der Waals surface area contributed by atoms with Crippen LogP contribution in [0, 0.1) is 18.3 Å². The number of benzene rings is 1. The molecule has 1 aromatic carbocycles. The summed E-state index contributed by atoms with van der Waals surface area (Å²) < 4.78 is 68.0. The fourth-order valence-electron chi connectivity index (χ4n) is 3.69. The number of carbonyl (C=O) groups is 2. The Balaban J connectivity index is 1.80. The van der Waals surface area contributed by atoms with E-state index in [1.165, 1.54) is 37.5 Å². The molecule has 12 nitrogen and oxygen atoms in total. The van der Waals surface area contributed by atoms with Crippen LogP contribution in [0.25, 0.3) is 5.82 Å². The van der Waals surface area contributed by atoms with Crippen molar-refractivity contribution in [3.8, 4) is 11.9 Å². The normalized spacial score (nSPS) is 11.7. The van der Waals surface area contributed by atoms with Gasteiger partial charge >= 0.3 is 12.1 Å². The van der Waals surface area contributed by atoms with Gasteiger partial charge in [-0.2, -0.15) is 32.3 Å². The van der Waals surface area contributed by atoms with Gasteiger partial charge in [-0.15, -0.1) is 5.10 Å². The van der Waals surface area contributed by atoms with Gasteiger partial charge in [0.2, 0.25) is 5.82 Å². The first-order chi connectivity index (χ1) is 19.3. The molecule has 4 rings (SSSR count). The average Bonchev–Trinajstić information content (AvgIpc) is 3.56. The van der Waals surface area contributed by atoms with Gasteiger partial charge in [0.15, 0.2) is 5.82 Å². The first kappa shape index (κ1) is 29.0. The van der Waals surface area contributed by atoms with Crippen LogP contribution in [0.4, 0.5) is 27.6 Å². The summed E-state index contributed by atoms with van der Waals surface area (Å²) in [6, 6.07) is 8.59. The van der Waals surface area contributed by atoms with Crippen LogP contribution in [0.5, 0.6) is 0 Å². The highest BCUT2D eigenvalue weighted by Crippen LogP contribution is 2.42. The SMILES string of the molecule is CNC(=O)c1cc(C#N)cc(C)c1NC(=O)c1cc(Cn2nnnc2C(F)(F)C(F)(F)F)nn1-c1ncccc1Cl. The number of hydrogen-bond acceptors (Lipinski definition) is 8. The number of amides is 2. The number of hydrogen-bond donors (Lipinski definition) is 2. The Morgan fingerprint density at radius 1 is 1.15 bits per heavy atom. The van der Waals surface area contributed by atoms with E-state index in [1.807, 2.05) is 6.07 Å². The molecule has 2 amide bonds. The predicted molar refractivity (Wildman–Crippen MR) is 130 cm³/mol. The first-order valence-electron chi connectivity index (χ1n) is 11.3. The summed E-state index contributed by atoms with van der Waals surface area (Å²) in [5, 5.41) is 27.4. The molecule has 0 radical (unpaired) electrons. The quantitative estimate of drug-likeness (QED) is 0.308. The molecule has 4 aromatic rings. The van der Waals surface area contributed by atoms with Crippen molar-refractivity contribution in [1.29, 1.82) is 5.26 Å². The number of halogens is 6. The van der Waals surface area contributed by atoms with E-state index in [0.717, 1.165) is 10.7 Å². The van der Waals surface area contributed by atoms with Crippen LogP contribution in [0.3, 0.4) is 0 Å². The van der Waals surface area contributed by atoms with Gasteiger partial charge in [0, 0.05) is 13.2 Å². The molecule has 212 valence electrons. The third-order valence-electron chi connectivity index (χ3n) is 5.59. The van der Waals surface area contributed by atoms with Gasteiger partial charge in [0.25, 0.3) is 11.8 Å². The van der Waals surface area contributed by atoms with Crippen molar-refractivity contribution in [2.24, 2.45) is 0 Å². The molecule has 0 spiro atoms. The summed E-state index contributed by atoms with van der Waals surface area (Å²) in [6.07, 6.45) is -4.66. The van der Waals surface area contributed by atoms with E-state index in [2.05, 4.69) is 36.2 Å². The van der Waals surface area contributed by atoms with Gasteiger partial charge in [-0.25, -0.2) is 14.3 Å². The molecule has 0 saturated heterocycles. The van der Waals surface area contributed by atoms with E-state index >= 15 is 0 Å². The molecule has 3 aromatic heterocycles. The smallest absolute Gasteiger partial charge is 0.355 e. The van der Waals surface area contributed by atoms with E-state index in [4.69, 9.17) is 11.6 Å². The van der Waals surface area contributed by atoms with E-state index in [1.54, 1.807) is 6.92 Å². The van der Waals surface area contributed by atoms with Crippen LogP contribution in [0.15, 0.2) is 36.5 Å². The second kappa shape index (κ2) is 10.9. The molecule has 3 heterocycles. The van der Waals surface area contributed by atoms with Gasteiger partial charge < -0.3 is 10.6 Å². The minimum absolute atomic E-state index is 0.0171. The van der Waals surface area contributed by atoms with Gasteiger partial charge in [0.1, 0.15) is 5.69 Å². The zero-order valence-corrected chi connectivity index (χ0v) is 21.6. The standard InChI is InChI=1S/C23H16ClF5N10O2/c1-11-6-12(9-30)7-14(19(40)31-2)17(11)33-20(41)16-8-13(35-39(16)18-15(24)4-3-5-32-18)10-38-21(34-36-37-38)22(25,26)23(27,28)29/h3-8H,10H2,1-2H3,(H,31,40)(H,33,41). The number of alkyl halides is 5. The van der Waals surface area contributed by atoms with Crippen molar-refractivity contribution in [2.45, 2.75) is 25.6 Å². The maximum atomic E-state index is 14.0. The van der Waals surface area contributed by atoms with Crippen LogP contribution in [-0.4, -0.2) is 60.0 Å². The number of pyridine rings is 1. The molecule has 0 saturated carbocycles. The fraction of sp³-hybridized carbons (Fsp3) is 0.217. The largest absolute Gasteiger partial charge is 0.461 e. The lowest BCUT2D eigenvalue weighted by Crippen LogP contribution is -2.36. The molecule has 0 bridgehead atoms. The van der Waals surface area contributed by atoms with Crippen molar-refractivity contribution < 1.29 is 31.5 Å². The van der Waals surface area contributed by atoms with Crippen LogP contribution in [0.2, 0.25) is 5.02 Å². The molecule has 0 unspecified atom stereocenters. The molecule has 0 aliphatic carbocycles. The van der Waals surface area contributed by atoms with Crippen molar-refractivity contribution in [2.75, 3.05) is 12.4 Å². The number of nitriles is 1. The zero-order valence-electron chi connectivity index (χ0n) is 20.8. The summed E-state index contributed by atoms with van der Waals surface area (Å²) >= 11 is 6.23. The number of anilines is 1. The lowest BCUT2D eigenvalue weighted by atomic mass is 10.0. The van der Waals surface area contributed by atoms with Crippen LogP contribution in [0.1, 0.15) is 43.5 Å². The number of rotatable bonds is 7. The highest BCUT2D eigenvalue weighted by Gasteiger charge is 2.62.